The lowest BCUT2D eigenvalue weighted by Gasteiger charge is -2.33. The summed E-state index contributed by atoms with van der Waals surface area (Å²) in [5.74, 6) is -0.103. The summed E-state index contributed by atoms with van der Waals surface area (Å²) >= 11 is 0. The number of hydrogen-bond acceptors (Lipinski definition) is 6. The molecule has 0 radical (unpaired) electrons. The van der Waals surface area contributed by atoms with Crippen LogP contribution in [-0.2, 0) is 26.2 Å². The lowest BCUT2D eigenvalue weighted by molar-refractivity contribution is -0.140. The van der Waals surface area contributed by atoms with E-state index in [-0.39, 0.29) is 18.1 Å². The number of methoxy groups -OCH3 is 2. The number of carbonyl (C=O) groups is 2. The second-order valence-electron chi connectivity index (χ2n) is 9.73. The zero-order valence-corrected chi connectivity index (χ0v) is 23.1. The van der Waals surface area contributed by atoms with Crippen LogP contribution < -0.4 is 19.1 Å². The fraction of sp³-hybridized carbons (Fsp3) is 0.462. The van der Waals surface area contributed by atoms with Gasteiger partial charge in [0.15, 0.2) is 11.5 Å². The number of rotatable bonds is 10. The molecule has 0 aliphatic carbocycles. The molecule has 2 aromatic carbocycles. The molecule has 0 aliphatic heterocycles. The van der Waals surface area contributed by atoms with E-state index in [0.717, 1.165) is 21.7 Å². The van der Waals surface area contributed by atoms with Crippen molar-refractivity contribution in [1.29, 1.82) is 0 Å². The number of carbonyl (C=O) groups excluding carboxylic acids is 2. The molecule has 0 aromatic heterocycles. The van der Waals surface area contributed by atoms with Gasteiger partial charge in [0.2, 0.25) is 21.8 Å². The van der Waals surface area contributed by atoms with Crippen LogP contribution in [-0.4, -0.2) is 63.7 Å². The first-order valence-electron chi connectivity index (χ1n) is 11.5. The molecule has 2 amide bonds. The Morgan fingerprint density at radius 2 is 1.67 bits per heavy atom. The van der Waals surface area contributed by atoms with Crippen molar-refractivity contribution in [3.05, 3.63) is 53.6 Å². The Morgan fingerprint density at radius 1 is 1.03 bits per heavy atom. The van der Waals surface area contributed by atoms with Crippen LogP contribution in [0.4, 0.5) is 5.69 Å². The maximum atomic E-state index is 13.6. The molecular weight excluding hydrogens is 482 g/mol. The van der Waals surface area contributed by atoms with Crippen LogP contribution in [0.5, 0.6) is 11.5 Å². The van der Waals surface area contributed by atoms with Crippen LogP contribution in [0.15, 0.2) is 42.5 Å². The summed E-state index contributed by atoms with van der Waals surface area (Å²) < 4.78 is 37.0. The lowest BCUT2D eigenvalue weighted by atomic mass is 10.1. The Bertz CT molecular complexity index is 1190. The number of nitrogens with zero attached hydrogens (tertiary/aromatic N) is 2. The molecule has 10 heteroatoms. The molecular formula is C26H37N3O6S. The average molecular weight is 520 g/mol. The van der Waals surface area contributed by atoms with Crippen LogP contribution in [0, 0.1) is 6.92 Å². The Labute approximate surface area is 214 Å². The second kappa shape index (κ2) is 11.6. The van der Waals surface area contributed by atoms with Gasteiger partial charge in [0.25, 0.3) is 0 Å². The number of amides is 2. The van der Waals surface area contributed by atoms with E-state index in [0.29, 0.717) is 11.5 Å². The summed E-state index contributed by atoms with van der Waals surface area (Å²) in [6, 6.07) is 11.4. The highest BCUT2D eigenvalue weighted by Gasteiger charge is 2.31. The fourth-order valence-electron chi connectivity index (χ4n) is 3.66. The Morgan fingerprint density at radius 3 is 2.19 bits per heavy atom. The van der Waals surface area contributed by atoms with Gasteiger partial charge in [0.1, 0.15) is 12.6 Å². The van der Waals surface area contributed by atoms with E-state index in [4.69, 9.17) is 9.47 Å². The second-order valence-corrected chi connectivity index (χ2v) is 11.6. The number of anilines is 1. The molecule has 9 nitrogen and oxygen atoms in total. The molecule has 198 valence electrons. The predicted octanol–water partition coefficient (Wildman–Crippen LogP) is 3.11. The van der Waals surface area contributed by atoms with E-state index in [2.05, 4.69) is 5.32 Å². The minimum absolute atomic E-state index is 0.142. The van der Waals surface area contributed by atoms with Crippen LogP contribution in [0.1, 0.15) is 38.8 Å². The number of sulfonamides is 1. The van der Waals surface area contributed by atoms with E-state index in [1.54, 1.807) is 13.0 Å². The monoisotopic (exact) mass is 519 g/mol. The highest BCUT2D eigenvalue weighted by Crippen LogP contribution is 2.32. The van der Waals surface area contributed by atoms with Crippen molar-refractivity contribution >= 4 is 27.5 Å². The molecule has 1 N–H and O–H groups in total. The highest BCUT2D eigenvalue weighted by atomic mass is 32.2. The number of ether oxygens (including phenoxy) is 2. The minimum atomic E-state index is -3.86. The van der Waals surface area contributed by atoms with Gasteiger partial charge in [-0.3, -0.25) is 13.9 Å². The van der Waals surface area contributed by atoms with Gasteiger partial charge >= 0.3 is 0 Å². The predicted molar refractivity (Wildman–Crippen MR) is 141 cm³/mol. The molecule has 0 heterocycles. The van der Waals surface area contributed by atoms with Crippen LogP contribution in [0.3, 0.4) is 0 Å². The van der Waals surface area contributed by atoms with Gasteiger partial charge in [-0.25, -0.2) is 8.42 Å². The molecule has 0 saturated heterocycles. The van der Waals surface area contributed by atoms with E-state index < -0.39 is 34.1 Å². The standard InChI is InChI=1S/C26H37N3O6S/c1-18-10-9-11-20(14-18)16-28(19(2)25(31)27-26(3,4)5)24(30)17-29(36(8,32)33)21-12-13-22(34-6)23(15-21)35-7/h9-15,19H,16-17H2,1-8H3,(H,27,31). The molecule has 1 unspecified atom stereocenters. The number of nitrogens with one attached hydrogen (secondary N) is 1. The first-order chi connectivity index (χ1) is 16.7. The minimum Gasteiger partial charge on any atom is -0.493 e. The quantitative estimate of drug-likeness (QED) is 0.517. The van der Waals surface area contributed by atoms with E-state index in [9.17, 15) is 18.0 Å². The summed E-state index contributed by atoms with van der Waals surface area (Å²) in [6.45, 7) is 8.78. The maximum absolute atomic E-state index is 13.6. The summed E-state index contributed by atoms with van der Waals surface area (Å²) in [6.07, 6.45) is 1.03. The zero-order valence-electron chi connectivity index (χ0n) is 22.3. The molecule has 0 spiro atoms. The first-order valence-corrected chi connectivity index (χ1v) is 13.4. The first kappa shape index (κ1) is 29.0. The number of hydrogen-bond donors (Lipinski definition) is 1. The smallest absolute Gasteiger partial charge is 0.244 e. The van der Waals surface area contributed by atoms with Gasteiger partial charge in [-0.2, -0.15) is 0 Å². The van der Waals surface area contributed by atoms with Crippen molar-refractivity contribution in [2.45, 2.75) is 52.7 Å². The maximum Gasteiger partial charge on any atom is 0.244 e. The third kappa shape index (κ3) is 7.87. The molecule has 1 atom stereocenters. The molecule has 36 heavy (non-hydrogen) atoms. The van der Waals surface area contributed by atoms with Crippen LogP contribution in [0.25, 0.3) is 0 Å². The van der Waals surface area contributed by atoms with Crippen molar-refractivity contribution in [3.63, 3.8) is 0 Å². The number of benzene rings is 2. The van der Waals surface area contributed by atoms with Crippen molar-refractivity contribution < 1.29 is 27.5 Å². The summed E-state index contributed by atoms with van der Waals surface area (Å²) in [7, 11) is -0.941. The van der Waals surface area contributed by atoms with Crippen LogP contribution >= 0.6 is 0 Å². The van der Waals surface area contributed by atoms with Gasteiger partial charge in [-0.15, -0.1) is 0 Å². The summed E-state index contributed by atoms with van der Waals surface area (Å²) in [5.41, 5.74) is 1.58. The SMILES string of the molecule is COc1ccc(N(CC(=O)N(Cc2cccc(C)c2)C(C)C(=O)NC(C)(C)C)S(C)(=O)=O)cc1OC. The van der Waals surface area contributed by atoms with E-state index in [1.165, 1.54) is 31.3 Å². The average Bonchev–Trinajstić information content (AvgIpc) is 2.78. The van der Waals surface area contributed by atoms with Crippen molar-refractivity contribution in [2.24, 2.45) is 0 Å². The zero-order chi connectivity index (χ0) is 27.3. The van der Waals surface area contributed by atoms with E-state index in [1.807, 2.05) is 52.0 Å². The Balaban J connectivity index is 2.46. The topological polar surface area (TPSA) is 105 Å². The van der Waals surface area contributed by atoms with Gasteiger partial charge in [0.05, 0.1) is 26.2 Å². The van der Waals surface area contributed by atoms with Crippen molar-refractivity contribution in [2.75, 3.05) is 31.3 Å². The van der Waals surface area contributed by atoms with Gasteiger partial charge < -0.3 is 19.7 Å². The van der Waals surface area contributed by atoms with Gasteiger partial charge in [-0.05, 0) is 52.3 Å². The third-order valence-electron chi connectivity index (χ3n) is 5.44. The normalized spacial score (nSPS) is 12.4. The van der Waals surface area contributed by atoms with Crippen molar-refractivity contribution in [3.8, 4) is 11.5 Å². The van der Waals surface area contributed by atoms with E-state index >= 15 is 0 Å². The molecule has 0 aliphatic rings. The number of aryl methyl sites for hydroxylation is 1. The molecule has 2 rings (SSSR count). The summed E-state index contributed by atoms with van der Waals surface area (Å²) in [4.78, 5) is 28.0. The fourth-order valence-corrected chi connectivity index (χ4v) is 4.50. The summed E-state index contributed by atoms with van der Waals surface area (Å²) in [5, 5.41) is 2.90. The molecule has 2 aromatic rings. The van der Waals surface area contributed by atoms with Crippen molar-refractivity contribution in [1.82, 2.24) is 10.2 Å². The third-order valence-corrected chi connectivity index (χ3v) is 6.58. The van der Waals surface area contributed by atoms with Gasteiger partial charge in [-0.1, -0.05) is 29.8 Å². The Hall–Kier alpha value is -3.27. The van der Waals surface area contributed by atoms with Crippen LogP contribution in [0.2, 0.25) is 0 Å². The largest absolute Gasteiger partial charge is 0.493 e. The Kier molecular flexibility index (Phi) is 9.37. The highest BCUT2D eigenvalue weighted by molar-refractivity contribution is 7.92. The molecule has 0 saturated carbocycles. The van der Waals surface area contributed by atoms with Gasteiger partial charge in [0, 0.05) is 18.2 Å². The molecule has 0 fully saturated rings. The molecule has 0 bridgehead atoms. The lowest BCUT2D eigenvalue weighted by Crippen LogP contribution is -2.54.